The Balaban J connectivity index is 1.65. The molecule has 3 rings (SSSR count). The number of benzene rings is 1. The van der Waals surface area contributed by atoms with Crippen LogP contribution in [0.1, 0.15) is 32.2 Å². The predicted molar refractivity (Wildman–Crippen MR) is 95.9 cm³/mol. The summed E-state index contributed by atoms with van der Waals surface area (Å²) < 4.78 is 18.2. The Morgan fingerprint density at radius 2 is 1.93 bits per heavy atom. The first kappa shape index (κ1) is 18.9. The van der Waals surface area contributed by atoms with Gasteiger partial charge < -0.3 is 15.0 Å². The fourth-order valence-electron chi connectivity index (χ4n) is 2.82. The van der Waals surface area contributed by atoms with Gasteiger partial charge >= 0.3 is 0 Å². The van der Waals surface area contributed by atoms with E-state index >= 15 is 0 Å². The third-order valence-electron chi connectivity index (χ3n) is 4.27. The minimum absolute atomic E-state index is 0.127. The maximum Gasteiger partial charge on any atom is 0.257 e. The van der Waals surface area contributed by atoms with E-state index < -0.39 is 5.82 Å². The summed E-state index contributed by atoms with van der Waals surface area (Å²) in [5, 5.41) is 2.77. The standard InChI is InChI=1S/C19H21FN4O3/c1-13-22-12-16(19(26)24-8-10-27-11-9-24)17(23-13)6-7-21-18(25)14-2-4-15(20)5-3-14/h2-5,12H,6-11H2,1H3,(H,21,25). The number of hydrogen-bond donors (Lipinski definition) is 1. The quantitative estimate of drug-likeness (QED) is 0.857. The van der Waals surface area contributed by atoms with E-state index in [9.17, 15) is 14.0 Å². The molecule has 0 spiro atoms. The van der Waals surface area contributed by atoms with Crippen molar-refractivity contribution >= 4 is 11.8 Å². The second kappa shape index (κ2) is 8.68. The average Bonchev–Trinajstić information content (AvgIpc) is 2.69. The van der Waals surface area contributed by atoms with Crippen LogP contribution in [0.3, 0.4) is 0 Å². The van der Waals surface area contributed by atoms with Crippen LogP contribution in [-0.2, 0) is 11.2 Å². The van der Waals surface area contributed by atoms with Crippen LogP contribution in [0.2, 0.25) is 0 Å². The van der Waals surface area contributed by atoms with Gasteiger partial charge in [0.05, 0.1) is 24.5 Å². The molecule has 0 aliphatic carbocycles. The molecule has 0 atom stereocenters. The molecular weight excluding hydrogens is 351 g/mol. The Bertz CT molecular complexity index is 820. The van der Waals surface area contributed by atoms with Gasteiger partial charge in [0.15, 0.2) is 0 Å². The number of aromatic nitrogens is 2. The van der Waals surface area contributed by atoms with Crippen LogP contribution in [0.15, 0.2) is 30.5 Å². The van der Waals surface area contributed by atoms with Crippen LogP contribution >= 0.6 is 0 Å². The lowest BCUT2D eigenvalue weighted by Gasteiger charge is -2.27. The smallest absolute Gasteiger partial charge is 0.257 e. The van der Waals surface area contributed by atoms with Gasteiger partial charge in [-0.3, -0.25) is 9.59 Å². The van der Waals surface area contributed by atoms with Crippen LogP contribution in [0.4, 0.5) is 4.39 Å². The summed E-state index contributed by atoms with van der Waals surface area (Å²) >= 11 is 0. The first-order valence-electron chi connectivity index (χ1n) is 8.78. The summed E-state index contributed by atoms with van der Waals surface area (Å²) in [5.74, 6) is -0.261. The molecule has 1 aromatic carbocycles. The van der Waals surface area contributed by atoms with E-state index in [0.717, 1.165) is 0 Å². The number of aryl methyl sites for hydroxylation is 1. The van der Waals surface area contributed by atoms with Gasteiger partial charge in [-0.2, -0.15) is 0 Å². The van der Waals surface area contributed by atoms with Crippen LogP contribution in [0.5, 0.6) is 0 Å². The summed E-state index contributed by atoms with van der Waals surface area (Å²) in [4.78, 5) is 35.1. The maximum absolute atomic E-state index is 12.9. The Morgan fingerprint density at radius 1 is 1.22 bits per heavy atom. The van der Waals surface area contributed by atoms with E-state index in [2.05, 4.69) is 15.3 Å². The van der Waals surface area contributed by atoms with Crippen LogP contribution in [0.25, 0.3) is 0 Å². The molecule has 1 aliphatic rings. The van der Waals surface area contributed by atoms with E-state index in [0.29, 0.717) is 61.9 Å². The molecule has 1 N–H and O–H groups in total. The highest BCUT2D eigenvalue weighted by molar-refractivity contribution is 5.95. The number of hydrogen-bond acceptors (Lipinski definition) is 5. The lowest BCUT2D eigenvalue weighted by molar-refractivity contribution is 0.0301. The Hall–Kier alpha value is -2.87. The third kappa shape index (κ3) is 4.85. The molecule has 27 heavy (non-hydrogen) atoms. The zero-order chi connectivity index (χ0) is 19.2. The number of carbonyl (C=O) groups is 2. The Morgan fingerprint density at radius 3 is 2.63 bits per heavy atom. The average molecular weight is 372 g/mol. The number of ether oxygens (including phenoxy) is 1. The van der Waals surface area contributed by atoms with Gasteiger partial charge in [0.2, 0.25) is 0 Å². The van der Waals surface area contributed by atoms with E-state index in [1.807, 2.05) is 0 Å². The van der Waals surface area contributed by atoms with Crippen molar-refractivity contribution in [2.75, 3.05) is 32.8 Å². The number of rotatable bonds is 5. The normalized spacial score (nSPS) is 14.1. The molecule has 0 unspecified atom stereocenters. The SMILES string of the molecule is Cc1ncc(C(=O)N2CCOCC2)c(CCNC(=O)c2ccc(F)cc2)n1. The van der Waals surface area contributed by atoms with Crippen LogP contribution in [0, 0.1) is 12.7 Å². The fraction of sp³-hybridized carbons (Fsp3) is 0.368. The van der Waals surface area contributed by atoms with Crippen molar-refractivity contribution in [3.63, 3.8) is 0 Å². The lowest BCUT2D eigenvalue weighted by atomic mass is 10.1. The summed E-state index contributed by atoms with van der Waals surface area (Å²) in [6, 6.07) is 5.32. The number of morpholine rings is 1. The van der Waals surface area contributed by atoms with Gasteiger partial charge in [-0.15, -0.1) is 0 Å². The maximum atomic E-state index is 12.9. The summed E-state index contributed by atoms with van der Waals surface area (Å²) in [7, 11) is 0. The van der Waals surface area contributed by atoms with Crippen molar-refractivity contribution in [3.05, 3.63) is 58.9 Å². The van der Waals surface area contributed by atoms with Crippen molar-refractivity contribution in [2.45, 2.75) is 13.3 Å². The molecule has 142 valence electrons. The molecular formula is C19H21FN4O3. The van der Waals surface area contributed by atoms with Crippen molar-refractivity contribution in [1.29, 1.82) is 0 Å². The van der Waals surface area contributed by atoms with E-state index in [1.165, 1.54) is 30.5 Å². The monoisotopic (exact) mass is 372 g/mol. The zero-order valence-corrected chi connectivity index (χ0v) is 15.1. The predicted octanol–water partition coefficient (Wildman–Crippen LogP) is 1.37. The number of carbonyl (C=O) groups excluding carboxylic acids is 2. The molecule has 2 amide bonds. The zero-order valence-electron chi connectivity index (χ0n) is 15.1. The molecule has 1 aromatic heterocycles. The van der Waals surface area contributed by atoms with Gasteiger partial charge in [-0.25, -0.2) is 14.4 Å². The molecule has 0 bridgehead atoms. The van der Waals surface area contributed by atoms with Gasteiger partial charge in [0.1, 0.15) is 11.6 Å². The minimum atomic E-state index is -0.394. The molecule has 1 fully saturated rings. The number of nitrogens with zero attached hydrogens (tertiary/aromatic N) is 3. The topological polar surface area (TPSA) is 84.4 Å². The minimum Gasteiger partial charge on any atom is -0.378 e. The molecule has 8 heteroatoms. The highest BCUT2D eigenvalue weighted by atomic mass is 19.1. The highest BCUT2D eigenvalue weighted by Crippen LogP contribution is 2.12. The highest BCUT2D eigenvalue weighted by Gasteiger charge is 2.22. The Kier molecular flexibility index (Phi) is 6.08. The Labute approximate surface area is 156 Å². The number of halogens is 1. The first-order valence-corrected chi connectivity index (χ1v) is 8.78. The van der Waals surface area contributed by atoms with Crippen molar-refractivity contribution < 1.29 is 18.7 Å². The second-order valence-corrected chi connectivity index (χ2v) is 6.19. The van der Waals surface area contributed by atoms with Gasteiger partial charge in [0.25, 0.3) is 11.8 Å². The van der Waals surface area contributed by atoms with Crippen molar-refractivity contribution in [2.24, 2.45) is 0 Å². The van der Waals surface area contributed by atoms with Crippen molar-refractivity contribution in [3.8, 4) is 0 Å². The van der Waals surface area contributed by atoms with E-state index in [4.69, 9.17) is 4.74 Å². The fourth-order valence-corrected chi connectivity index (χ4v) is 2.82. The molecule has 1 aliphatic heterocycles. The van der Waals surface area contributed by atoms with Crippen LogP contribution in [-0.4, -0.2) is 59.5 Å². The van der Waals surface area contributed by atoms with Gasteiger partial charge in [0, 0.05) is 37.8 Å². The van der Waals surface area contributed by atoms with Gasteiger partial charge in [-0.1, -0.05) is 0 Å². The summed E-state index contributed by atoms with van der Waals surface area (Å²) in [5.41, 5.74) is 1.41. The third-order valence-corrected chi connectivity index (χ3v) is 4.27. The molecule has 0 saturated carbocycles. The number of amides is 2. The lowest BCUT2D eigenvalue weighted by Crippen LogP contribution is -2.41. The second-order valence-electron chi connectivity index (χ2n) is 6.19. The van der Waals surface area contributed by atoms with E-state index in [-0.39, 0.29) is 11.8 Å². The summed E-state index contributed by atoms with van der Waals surface area (Å²) in [6.45, 7) is 4.16. The van der Waals surface area contributed by atoms with Gasteiger partial charge in [-0.05, 0) is 31.2 Å². The number of nitrogens with one attached hydrogen (secondary N) is 1. The summed E-state index contributed by atoms with van der Waals surface area (Å²) in [6.07, 6.45) is 1.93. The molecule has 2 heterocycles. The first-order chi connectivity index (χ1) is 13.0. The van der Waals surface area contributed by atoms with Crippen LogP contribution < -0.4 is 5.32 Å². The molecule has 2 aromatic rings. The van der Waals surface area contributed by atoms with Crippen molar-refractivity contribution in [1.82, 2.24) is 20.2 Å². The molecule has 0 radical (unpaired) electrons. The largest absolute Gasteiger partial charge is 0.378 e. The molecule has 1 saturated heterocycles. The molecule has 7 nitrogen and oxygen atoms in total. The van der Waals surface area contributed by atoms with E-state index in [1.54, 1.807) is 11.8 Å².